The first kappa shape index (κ1) is 22.3. The third-order valence-corrected chi connectivity index (χ3v) is 9.56. The molecule has 33 heavy (non-hydrogen) atoms. The van der Waals surface area contributed by atoms with Crippen molar-refractivity contribution < 1.29 is 18.0 Å². The van der Waals surface area contributed by atoms with Crippen LogP contribution in [0.1, 0.15) is 19.3 Å². The number of rotatable bonds is 6. The Labute approximate surface area is 195 Å². The molecule has 174 valence electrons. The van der Waals surface area contributed by atoms with Crippen molar-refractivity contribution in [2.45, 2.75) is 24.8 Å². The summed E-state index contributed by atoms with van der Waals surface area (Å²) in [7, 11) is -4.00. The summed E-state index contributed by atoms with van der Waals surface area (Å²) in [6.45, 7) is 0.665. The number of aromatic nitrogens is 3. The van der Waals surface area contributed by atoms with E-state index in [1.807, 2.05) is 12.1 Å². The molecule has 4 heterocycles. The molecule has 1 unspecified atom stereocenters. The van der Waals surface area contributed by atoms with Gasteiger partial charge in [-0.25, -0.2) is 9.97 Å². The summed E-state index contributed by atoms with van der Waals surface area (Å²) in [4.78, 5) is 37.9. The zero-order valence-corrected chi connectivity index (χ0v) is 19.4. The van der Waals surface area contributed by atoms with Gasteiger partial charge in [-0.15, -0.1) is 0 Å². The Morgan fingerprint density at radius 1 is 1.30 bits per heavy atom. The number of Topliss-reactive ketones (excluding diaryl/α,β-unsaturated/α-hetero) is 1. The van der Waals surface area contributed by atoms with Crippen LogP contribution in [0.4, 0.5) is 5.82 Å². The molecule has 2 aliphatic heterocycles. The lowest BCUT2D eigenvalue weighted by Gasteiger charge is -2.43. The molecule has 2 saturated heterocycles. The molecule has 1 aliphatic carbocycles. The van der Waals surface area contributed by atoms with Gasteiger partial charge in [0.15, 0.2) is 0 Å². The molecule has 1 N–H and O–H groups in total. The lowest BCUT2D eigenvalue weighted by atomic mass is 10.0. The number of anilines is 1. The molecule has 1 spiro atoms. The first-order valence-corrected chi connectivity index (χ1v) is 13.1. The number of carbonyl (C=O) groups is 2. The quantitative estimate of drug-likeness (QED) is 0.454. The minimum atomic E-state index is -4.00. The van der Waals surface area contributed by atoms with Crippen LogP contribution in [0, 0.1) is 17.2 Å². The molecule has 3 fully saturated rings. The number of nitriles is 1. The third kappa shape index (κ3) is 3.90. The maximum absolute atomic E-state index is 13.7. The first-order valence-electron chi connectivity index (χ1n) is 10.7. The lowest BCUT2D eigenvalue weighted by molar-refractivity contribution is -0.134. The van der Waals surface area contributed by atoms with Gasteiger partial charge in [0.2, 0.25) is 5.78 Å². The second kappa shape index (κ2) is 8.35. The molecule has 1 saturated carbocycles. The van der Waals surface area contributed by atoms with Crippen molar-refractivity contribution in [1.29, 1.82) is 5.26 Å². The van der Waals surface area contributed by atoms with Gasteiger partial charge in [0.25, 0.3) is 15.3 Å². The minimum Gasteiger partial charge on any atom is -0.353 e. The Balaban J connectivity index is 1.38. The van der Waals surface area contributed by atoms with Crippen LogP contribution in [0.5, 0.6) is 0 Å². The Bertz CT molecular complexity index is 1250. The number of carbonyl (C=O) groups excluding carboxylic acids is 2. The van der Waals surface area contributed by atoms with Crippen molar-refractivity contribution in [2.24, 2.45) is 5.92 Å². The van der Waals surface area contributed by atoms with Gasteiger partial charge in [0, 0.05) is 44.0 Å². The number of hydrogen-bond donors (Lipinski definition) is 1. The molecule has 0 amide bonds. The molecule has 0 bridgehead atoms. The van der Waals surface area contributed by atoms with E-state index in [1.165, 1.54) is 10.6 Å². The molecule has 11 nitrogen and oxygen atoms in total. The van der Waals surface area contributed by atoms with Gasteiger partial charge in [-0.05, 0) is 25.3 Å². The van der Waals surface area contributed by atoms with Crippen molar-refractivity contribution >= 4 is 49.7 Å². The van der Waals surface area contributed by atoms with Gasteiger partial charge in [-0.3, -0.25) is 9.59 Å². The normalized spacial score (nSPS) is 23.4. The topological polar surface area (TPSA) is 143 Å². The molecule has 3 aliphatic rings. The molecule has 2 aromatic heterocycles. The summed E-state index contributed by atoms with van der Waals surface area (Å²) >= 11 is 0.965. The van der Waals surface area contributed by atoms with Crippen LogP contribution in [0.25, 0.3) is 11.0 Å². The Kier molecular flexibility index (Phi) is 5.64. The van der Waals surface area contributed by atoms with E-state index < -0.39 is 32.6 Å². The summed E-state index contributed by atoms with van der Waals surface area (Å²) in [6.07, 6.45) is 5.13. The van der Waals surface area contributed by atoms with Gasteiger partial charge in [-0.2, -0.15) is 22.3 Å². The average molecular weight is 490 g/mol. The predicted molar refractivity (Wildman–Crippen MR) is 121 cm³/mol. The van der Waals surface area contributed by atoms with Crippen LogP contribution in [0.3, 0.4) is 0 Å². The summed E-state index contributed by atoms with van der Waals surface area (Å²) in [5, 5.41) is 9.66. The number of hydrogen-bond acceptors (Lipinski definition) is 9. The molecule has 13 heteroatoms. The van der Waals surface area contributed by atoms with Crippen molar-refractivity contribution in [1.82, 2.24) is 23.6 Å². The largest absolute Gasteiger partial charge is 0.353 e. The fourth-order valence-corrected chi connectivity index (χ4v) is 7.51. The van der Waals surface area contributed by atoms with E-state index in [-0.39, 0.29) is 19.6 Å². The second-order valence-electron chi connectivity index (χ2n) is 8.60. The number of nitrogens with zero attached hydrogens (tertiary/aromatic N) is 6. The van der Waals surface area contributed by atoms with Crippen molar-refractivity contribution in [2.75, 3.05) is 43.4 Å². The smallest absolute Gasteiger partial charge is 0.283 e. The van der Waals surface area contributed by atoms with Crippen molar-refractivity contribution in [3.8, 4) is 6.07 Å². The third-order valence-electron chi connectivity index (χ3n) is 6.59. The number of fused-ring (bicyclic) bond motifs is 1. The average Bonchev–Trinajstić information content (AvgIpc) is 3.37. The number of H-pyrrole nitrogens is 1. The van der Waals surface area contributed by atoms with E-state index in [0.29, 0.717) is 38.1 Å². The predicted octanol–water partition coefficient (Wildman–Crippen LogP) is 0.532. The SMILES string of the molecule is N#CCN(CC1CCSC(=O)C1=O)S(=O)(=O)N1CCN(c2ncnc3[nH]ccc23)CC12CC2. The van der Waals surface area contributed by atoms with Gasteiger partial charge >= 0.3 is 0 Å². The Hall–Kier alpha value is -2.53. The van der Waals surface area contributed by atoms with E-state index in [0.717, 1.165) is 32.9 Å². The number of ketones is 1. The lowest BCUT2D eigenvalue weighted by Crippen LogP contribution is -2.60. The molecule has 1 atom stereocenters. The Morgan fingerprint density at radius 3 is 2.88 bits per heavy atom. The van der Waals surface area contributed by atoms with Gasteiger partial charge in [-0.1, -0.05) is 11.8 Å². The fraction of sp³-hybridized carbons (Fsp3) is 0.550. The van der Waals surface area contributed by atoms with Crippen LogP contribution in [-0.4, -0.2) is 86.9 Å². The highest BCUT2D eigenvalue weighted by atomic mass is 32.2. The standard InChI is InChI=1S/C20H23N7O4S2/c21-5-7-26(11-14-2-10-32-19(29)16(14)28)33(30,31)27-9-8-25(12-20(27)3-4-20)18-15-1-6-22-17(15)23-13-24-18/h1,6,13-14H,2-4,7-12H2,(H,22,23,24). The minimum absolute atomic E-state index is 0.146. The van der Waals surface area contributed by atoms with E-state index in [9.17, 15) is 23.3 Å². The number of piperazine rings is 1. The maximum atomic E-state index is 13.7. The van der Waals surface area contributed by atoms with Gasteiger partial charge < -0.3 is 9.88 Å². The van der Waals surface area contributed by atoms with Crippen LogP contribution in [0.2, 0.25) is 0 Å². The highest BCUT2D eigenvalue weighted by molar-refractivity contribution is 8.15. The highest BCUT2D eigenvalue weighted by Gasteiger charge is 2.57. The molecule has 5 rings (SSSR count). The van der Waals surface area contributed by atoms with Gasteiger partial charge in [0.1, 0.15) is 24.3 Å². The number of thioether (sulfide) groups is 1. The van der Waals surface area contributed by atoms with E-state index in [2.05, 4.69) is 19.9 Å². The maximum Gasteiger partial charge on any atom is 0.283 e. The molecular formula is C20H23N7O4S2. The summed E-state index contributed by atoms with van der Waals surface area (Å²) < 4.78 is 29.9. The Morgan fingerprint density at radius 2 is 2.12 bits per heavy atom. The zero-order chi connectivity index (χ0) is 23.2. The molecule has 0 aromatic carbocycles. The second-order valence-corrected chi connectivity index (χ2v) is 11.5. The van der Waals surface area contributed by atoms with E-state index in [1.54, 1.807) is 6.20 Å². The highest BCUT2D eigenvalue weighted by Crippen LogP contribution is 2.47. The summed E-state index contributed by atoms with van der Waals surface area (Å²) in [5.41, 5.74) is 0.158. The molecule has 2 aromatic rings. The zero-order valence-electron chi connectivity index (χ0n) is 17.8. The first-order chi connectivity index (χ1) is 15.9. The number of aromatic amines is 1. The number of nitrogens with one attached hydrogen (secondary N) is 1. The molecule has 0 radical (unpaired) electrons. The van der Waals surface area contributed by atoms with Crippen LogP contribution < -0.4 is 4.90 Å². The molecular weight excluding hydrogens is 466 g/mol. The van der Waals surface area contributed by atoms with Crippen LogP contribution >= 0.6 is 11.8 Å². The monoisotopic (exact) mass is 489 g/mol. The fourth-order valence-electron chi connectivity index (χ4n) is 4.71. The summed E-state index contributed by atoms with van der Waals surface area (Å²) in [6, 6.07) is 3.82. The van der Waals surface area contributed by atoms with Crippen molar-refractivity contribution in [3.63, 3.8) is 0 Å². The van der Waals surface area contributed by atoms with Gasteiger partial charge in [0.05, 0.1) is 17.0 Å². The van der Waals surface area contributed by atoms with Crippen LogP contribution in [0.15, 0.2) is 18.6 Å². The summed E-state index contributed by atoms with van der Waals surface area (Å²) in [5.74, 6) is -0.0247. The van der Waals surface area contributed by atoms with E-state index in [4.69, 9.17) is 0 Å². The van der Waals surface area contributed by atoms with Crippen molar-refractivity contribution in [3.05, 3.63) is 18.6 Å². The van der Waals surface area contributed by atoms with E-state index >= 15 is 0 Å². The van der Waals surface area contributed by atoms with Crippen LogP contribution in [-0.2, 0) is 19.8 Å².